The standard InChI is InChI=1S/C24H15N3O/c1-25-17-14-15-26-19(16-17)18-8-2-3-9-20(18)27-21-10-4-6-12-23(21)28-24-13-7-5-11-22(24)27/h2-16H. The number of hydrogen-bond acceptors (Lipinski definition) is 3. The highest BCUT2D eigenvalue weighted by atomic mass is 16.5. The summed E-state index contributed by atoms with van der Waals surface area (Å²) in [6.45, 7) is 7.32. The van der Waals surface area contributed by atoms with Gasteiger partial charge in [-0.2, -0.15) is 0 Å². The smallest absolute Gasteiger partial charge is 0.190 e. The van der Waals surface area contributed by atoms with Crippen molar-refractivity contribution in [3.63, 3.8) is 0 Å². The molecule has 0 saturated carbocycles. The van der Waals surface area contributed by atoms with Crippen molar-refractivity contribution in [1.82, 2.24) is 4.98 Å². The van der Waals surface area contributed by atoms with Crippen LogP contribution in [-0.2, 0) is 0 Å². The molecule has 0 bridgehead atoms. The molecule has 0 atom stereocenters. The maximum absolute atomic E-state index is 7.32. The van der Waals surface area contributed by atoms with E-state index in [0.717, 1.165) is 39.8 Å². The van der Waals surface area contributed by atoms with Crippen molar-refractivity contribution in [2.24, 2.45) is 0 Å². The summed E-state index contributed by atoms with van der Waals surface area (Å²) in [6, 6.07) is 27.6. The van der Waals surface area contributed by atoms with Gasteiger partial charge < -0.3 is 9.64 Å². The first-order valence-electron chi connectivity index (χ1n) is 8.94. The van der Waals surface area contributed by atoms with Gasteiger partial charge in [-0.1, -0.05) is 42.5 Å². The molecule has 132 valence electrons. The van der Waals surface area contributed by atoms with E-state index >= 15 is 0 Å². The van der Waals surface area contributed by atoms with Crippen molar-refractivity contribution >= 4 is 22.7 Å². The van der Waals surface area contributed by atoms with Crippen LogP contribution in [0.1, 0.15) is 0 Å². The maximum atomic E-state index is 7.32. The Kier molecular flexibility index (Phi) is 3.78. The van der Waals surface area contributed by atoms with Gasteiger partial charge in [0.15, 0.2) is 17.2 Å². The molecule has 0 unspecified atom stereocenters. The van der Waals surface area contributed by atoms with Gasteiger partial charge in [0.2, 0.25) is 0 Å². The summed E-state index contributed by atoms with van der Waals surface area (Å²) in [5.41, 5.74) is 5.22. The van der Waals surface area contributed by atoms with Gasteiger partial charge in [-0.15, -0.1) is 0 Å². The lowest BCUT2D eigenvalue weighted by atomic mass is 10.0. The third-order valence-electron chi connectivity index (χ3n) is 4.73. The van der Waals surface area contributed by atoms with Crippen LogP contribution in [0.15, 0.2) is 91.1 Å². The Morgan fingerprint density at radius 2 is 1.36 bits per heavy atom. The first-order chi connectivity index (χ1) is 13.8. The molecule has 1 aliphatic rings. The second-order valence-electron chi connectivity index (χ2n) is 6.40. The zero-order valence-corrected chi connectivity index (χ0v) is 14.9. The van der Waals surface area contributed by atoms with Crippen molar-refractivity contribution in [1.29, 1.82) is 0 Å². The minimum Gasteiger partial charge on any atom is -0.453 e. The zero-order valence-electron chi connectivity index (χ0n) is 14.9. The molecule has 0 radical (unpaired) electrons. The van der Waals surface area contributed by atoms with Crippen molar-refractivity contribution < 1.29 is 4.74 Å². The van der Waals surface area contributed by atoms with Crippen LogP contribution in [0.2, 0.25) is 0 Å². The Bertz CT molecular complexity index is 1180. The fraction of sp³-hybridized carbons (Fsp3) is 0. The number of fused-ring (bicyclic) bond motifs is 2. The van der Waals surface area contributed by atoms with Gasteiger partial charge in [-0.25, -0.2) is 4.85 Å². The van der Waals surface area contributed by atoms with Gasteiger partial charge in [-0.05, 0) is 42.5 Å². The fourth-order valence-electron chi connectivity index (χ4n) is 3.49. The summed E-state index contributed by atoms with van der Waals surface area (Å²) in [7, 11) is 0. The number of aromatic nitrogens is 1. The summed E-state index contributed by atoms with van der Waals surface area (Å²) in [5, 5.41) is 0. The number of benzene rings is 3. The molecule has 3 aromatic carbocycles. The third kappa shape index (κ3) is 2.58. The number of rotatable bonds is 2. The molecule has 0 amide bonds. The van der Waals surface area contributed by atoms with Gasteiger partial charge in [0, 0.05) is 11.8 Å². The van der Waals surface area contributed by atoms with Gasteiger partial charge in [0.1, 0.15) is 0 Å². The lowest BCUT2D eigenvalue weighted by Gasteiger charge is -2.33. The van der Waals surface area contributed by atoms with Crippen LogP contribution in [0.5, 0.6) is 11.5 Å². The first-order valence-corrected chi connectivity index (χ1v) is 8.94. The van der Waals surface area contributed by atoms with E-state index in [-0.39, 0.29) is 0 Å². The third-order valence-corrected chi connectivity index (χ3v) is 4.73. The summed E-state index contributed by atoms with van der Waals surface area (Å²) < 4.78 is 6.11. The highest BCUT2D eigenvalue weighted by Gasteiger charge is 2.27. The molecule has 4 heteroatoms. The highest BCUT2D eigenvalue weighted by Crippen LogP contribution is 2.51. The molecule has 4 aromatic rings. The van der Waals surface area contributed by atoms with Crippen LogP contribution in [-0.4, -0.2) is 4.98 Å². The molecule has 0 N–H and O–H groups in total. The Balaban J connectivity index is 1.76. The number of pyridine rings is 1. The molecule has 0 aliphatic carbocycles. The van der Waals surface area contributed by atoms with Crippen molar-refractivity contribution in [2.75, 3.05) is 4.90 Å². The Morgan fingerprint density at radius 1 is 0.750 bits per heavy atom. The van der Waals surface area contributed by atoms with E-state index in [4.69, 9.17) is 11.3 Å². The summed E-state index contributed by atoms with van der Waals surface area (Å²) in [5.74, 6) is 1.61. The minimum atomic E-state index is 0.572. The SMILES string of the molecule is [C-]#[N+]c1ccnc(-c2ccccc2N2c3ccccc3Oc3ccccc32)c1. The van der Waals surface area contributed by atoms with Gasteiger partial charge >= 0.3 is 0 Å². The second kappa shape index (κ2) is 6.57. The van der Waals surface area contributed by atoms with E-state index in [2.05, 4.69) is 20.8 Å². The van der Waals surface area contributed by atoms with Crippen molar-refractivity contribution in [3.05, 3.63) is 103 Å². The lowest BCUT2D eigenvalue weighted by Crippen LogP contribution is -2.16. The average Bonchev–Trinajstić information content (AvgIpc) is 2.77. The molecule has 5 rings (SSSR count). The van der Waals surface area contributed by atoms with Crippen molar-refractivity contribution in [3.8, 4) is 22.8 Å². The van der Waals surface area contributed by atoms with E-state index in [1.165, 1.54) is 0 Å². The summed E-state index contributed by atoms with van der Waals surface area (Å²) in [6.07, 6.45) is 1.68. The molecule has 1 aromatic heterocycles. The minimum absolute atomic E-state index is 0.572. The summed E-state index contributed by atoms with van der Waals surface area (Å²) >= 11 is 0. The lowest BCUT2D eigenvalue weighted by molar-refractivity contribution is 0.477. The predicted octanol–water partition coefficient (Wildman–Crippen LogP) is 6.87. The molecular formula is C24H15N3O. The summed E-state index contributed by atoms with van der Waals surface area (Å²) in [4.78, 5) is 10.3. The monoisotopic (exact) mass is 361 g/mol. The molecule has 4 nitrogen and oxygen atoms in total. The van der Waals surface area contributed by atoms with Crippen LogP contribution in [0.4, 0.5) is 22.7 Å². The molecule has 2 heterocycles. The van der Waals surface area contributed by atoms with Gasteiger partial charge in [-0.3, -0.25) is 4.98 Å². The maximum Gasteiger partial charge on any atom is 0.190 e. The van der Waals surface area contributed by atoms with E-state index in [9.17, 15) is 0 Å². The highest BCUT2D eigenvalue weighted by molar-refractivity contribution is 5.92. The van der Waals surface area contributed by atoms with E-state index < -0.39 is 0 Å². The van der Waals surface area contributed by atoms with Crippen LogP contribution >= 0.6 is 0 Å². The van der Waals surface area contributed by atoms with E-state index in [1.54, 1.807) is 12.3 Å². The normalized spacial score (nSPS) is 11.8. The number of anilines is 3. The Morgan fingerprint density at radius 3 is 2.04 bits per heavy atom. The van der Waals surface area contributed by atoms with Crippen LogP contribution in [0.3, 0.4) is 0 Å². The van der Waals surface area contributed by atoms with Gasteiger partial charge in [0.05, 0.1) is 29.3 Å². The topological polar surface area (TPSA) is 29.7 Å². The number of ether oxygens (including phenoxy) is 1. The molecule has 0 fully saturated rings. The van der Waals surface area contributed by atoms with Crippen LogP contribution in [0, 0.1) is 6.57 Å². The zero-order chi connectivity index (χ0) is 18.9. The quantitative estimate of drug-likeness (QED) is 0.321. The molecular weight excluding hydrogens is 346 g/mol. The van der Waals surface area contributed by atoms with Crippen LogP contribution < -0.4 is 9.64 Å². The Hall–Kier alpha value is -4.10. The fourth-order valence-corrected chi connectivity index (χ4v) is 3.49. The largest absolute Gasteiger partial charge is 0.453 e. The van der Waals surface area contributed by atoms with Crippen molar-refractivity contribution in [2.45, 2.75) is 0 Å². The predicted molar refractivity (Wildman–Crippen MR) is 111 cm³/mol. The number of nitrogens with zero attached hydrogens (tertiary/aromatic N) is 3. The number of hydrogen-bond donors (Lipinski definition) is 0. The van der Waals surface area contributed by atoms with Crippen LogP contribution in [0.25, 0.3) is 16.1 Å². The molecule has 0 saturated heterocycles. The molecule has 0 spiro atoms. The first kappa shape index (κ1) is 16.1. The van der Waals surface area contributed by atoms with E-state index in [0.29, 0.717) is 5.69 Å². The Labute approximate surface area is 163 Å². The molecule has 28 heavy (non-hydrogen) atoms. The van der Waals surface area contributed by atoms with E-state index in [1.807, 2.05) is 72.8 Å². The molecule has 1 aliphatic heterocycles. The van der Waals surface area contributed by atoms with Gasteiger partial charge in [0.25, 0.3) is 0 Å². The number of para-hydroxylation sites is 5. The second-order valence-corrected chi connectivity index (χ2v) is 6.40. The average molecular weight is 361 g/mol.